The summed E-state index contributed by atoms with van der Waals surface area (Å²) in [5.74, 6) is -1.44. The second kappa shape index (κ2) is 8.91. The molecule has 2 heterocycles. The SMILES string of the molecule is CC(O)[C@]1(O)CN(S(=O)(=O)c2ccc(OC(F)F)nc2)C[C@@H]1Oc1ccc(C#N)c(F)c1. The van der Waals surface area contributed by atoms with Gasteiger partial charge in [-0.3, -0.25) is 0 Å². The van der Waals surface area contributed by atoms with Gasteiger partial charge in [0.05, 0.1) is 24.4 Å². The number of nitriles is 1. The van der Waals surface area contributed by atoms with Gasteiger partial charge in [0, 0.05) is 18.7 Å². The van der Waals surface area contributed by atoms with Crippen LogP contribution in [0, 0.1) is 17.1 Å². The molecule has 1 unspecified atom stereocenters. The summed E-state index contributed by atoms with van der Waals surface area (Å²) in [6.45, 7) is -2.87. The zero-order valence-electron chi connectivity index (χ0n) is 16.5. The predicted molar refractivity (Wildman–Crippen MR) is 102 cm³/mol. The Balaban J connectivity index is 1.86. The van der Waals surface area contributed by atoms with E-state index in [1.165, 1.54) is 13.0 Å². The molecule has 2 N–H and O–H groups in total. The maximum Gasteiger partial charge on any atom is 0.388 e. The number of benzene rings is 1. The molecule has 1 aliphatic rings. The Morgan fingerprint density at radius 2 is 2.06 bits per heavy atom. The van der Waals surface area contributed by atoms with Crippen LogP contribution in [0.5, 0.6) is 11.6 Å². The molecule has 3 rings (SSSR count). The molecule has 0 spiro atoms. The van der Waals surface area contributed by atoms with Crippen LogP contribution in [-0.4, -0.2) is 65.4 Å². The van der Waals surface area contributed by atoms with Crippen LogP contribution in [0.1, 0.15) is 12.5 Å². The van der Waals surface area contributed by atoms with Gasteiger partial charge >= 0.3 is 6.61 Å². The minimum absolute atomic E-state index is 0.0833. The average Bonchev–Trinajstić information content (AvgIpc) is 3.07. The maximum absolute atomic E-state index is 13.9. The van der Waals surface area contributed by atoms with Gasteiger partial charge in [-0.25, -0.2) is 17.8 Å². The fourth-order valence-corrected chi connectivity index (χ4v) is 4.60. The van der Waals surface area contributed by atoms with Gasteiger partial charge in [-0.2, -0.15) is 18.3 Å². The van der Waals surface area contributed by atoms with Crippen LogP contribution in [0.4, 0.5) is 13.2 Å². The molecule has 0 amide bonds. The minimum atomic E-state index is -4.27. The molecule has 2 aromatic rings. The number of aliphatic hydroxyl groups excluding tert-OH is 1. The number of hydrogen-bond donors (Lipinski definition) is 2. The van der Waals surface area contributed by atoms with E-state index in [1.54, 1.807) is 6.07 Å². The molecule has 1 aromatic heterocycles. The third-order valence-corrected chi connectivity index (χ3v) is 6.77. The van der Waals surface area contributed by atoms with Crippen molar-refractivity contribution >= 4 is 10.0 Å². The molecular formula is C19H18F3N3O6S. The van der Waals surface area contributed by atoms with Gasteiger partial charge in [0.15, 0.2) is 0 Å². The number of pyridine rings is 1. The number of aliphatic hydroxyl groups is 2. The van der Waals surface area contributed by atoms with Crippen molar-refractivity contribution in [2.45, 2.75) is 36.2 Å². The standard InChI is InChI=1S/C19H18F3N3O6S/c1-11(26)19(27)10-25(9-16(19)30-13-3-2-12(7-23)15(20)6-13)32(28,29)14-4-5-17(24-8-14)31-18(21)22/h2-6,8,11,16,18,26-27H,9-10H2,1H3/t11?,16-,19+/m0/s1. The molecule has 13 heteroatoms. The summed E-state index contributed by atoms with van der Waals surface area (Å²) in [6, 6.07) is 6.93. The van der Waals surface area contributed by atoms with Crippen molar-refractivity contribution in [3.05, 3.63) is 47.9 Å². The quantitative estimate of drug-likeness (QED) is 0.614. The summed E-state index contributed by atoms with van der Waals surface area (Å²) >= 11 is 0. The number of aromatic nitrogens is 1. The van der Waals surface area contributed by atoms with Gasteiger partial charge in [-0.05, 0) is 25.1 Å². The largest absolute Gasteiger partial charge is 0.486 e. The number of hydrogen-bond acceptors (Lipinski definition) is 8. The molecule has 0 bridgehead atoms. The highest BCUT2D eigenvalue weighted by Crippen LogP contribution is 2.33. The number of ether oxygens (including phenoxy) is 2. The lowest BCUT2D eigenvalue weighted by Crippen LogP contribution is -2.53. The predicted octanol–water partition coefficient (Wildman–Crippen LogP) is 1.26. The molecule has 3 atom stereocenters. The number of alkyl halides is 2. The first-order chi connectivity index (χ1) is 15.0. The van der Waals surface area contributed by atoms with Crippen molar-refractivity contribution in [2.24, 2.45) is 0 Å². The lowest BCUT2D eigenvalue weighted by molar-refractivity contribution is -0.104. The van der Waals surface area contributed by atoms with Crippen LogP contribution in [0.3, 0.4) is 0 Å². The van der Waals surface area contributed by atoms with Gasteiger partial charge in [0.1, 0.15) is 34.2 Å². The van der Waals surface area contributed by atoms with E-state index in [2.05, 4.69) is 9.72 Å². The molecular weight excluding hydrogens is 455 g/mol. The summed E-state index contributed by atoms with van der Waals surface area (Å²) in [7, 11) is -4.27. The first-order valence-corrected chi connectivity index (χ1v) is 10.6. The topological polar surface area (TPSA) is 133 Å². The third kappa shape index (κ3) is 4.63. The van der Waals surface area contributed by atoms with Gasteiger partial charge in [0.25, 0.3) is 0 Å². The maximum atomic E-state index is 13.9. The summed E-state index contributed by atoms with van der Waals surface area (Å²) in [5, 5.41) is 29.9. The summed E-state index contributed by atoms with van der Waals surface area (Å²) in [4.78, 5) is 3.16. The fourth-order valence-electron chi connectivity index (χ4n) is 3.17. The second-order valence-electron chi connectivity index (χ2n) is 7.04. The van der Waals surface area contributed by atoms with Gasteiger partial charge in [-0.15, -0.1) is 0 Å². The molecule has 0 saturated carbocycles. The van der Waals surface area contributed by atoms with Crippen LogP contribution in [-0.2, 0) is 10.0 Å². The molecule has 1 fully saturated rings. The lowest BCUT2D eigenvalue weighted by atomic mass is 9.94. The Morgan fingerprint density at radius 3 is 2.59 bits per heavy atom. The van der Waals surface area contributed by atoms with Gasteiger partial charge in [0.2, 0.25) is 15.9 Å². The van der Waals surface area contributed by atoms with Crippen LogP contribution in [0.15, 0.2) is 41.4 Å². The number of nitrogens with zero attached hydrogens (tertiary/aromatic N) is 3. The Labute approximate surface area is 181 Å². The van der Waals surface area contributed by atoms with E-state index in [1.807, 2.05) is 0 Å². The second-order valence-corrected chi connectivity index (χ2v) is 8.97. The van der Waals surface area contributed by atoms with Crippen molar-refractivity contribution in [1.29, 1.82) is 5.26 Å². The first kappa shape index (κ1) is 23.7. The van der Waals surface area contributed by atoms with Crippen LogP contribution >= 0.6 is 0 Å². The zero-order valence-corrected chi connectivity index (χ0v) is 17.3. The highest BCUT2D eigenvalue weighted by molar-refractivity contribution is 7.89. The number of β-amino-alcohol motifs (C(OH)–C–C–N with tert-alkyl or cyclic N) is 1. The van der Waals surface area contributed by atoms with E-state index in [0.29, 0.717) is 0 Å². The van der Waals surface area contributed by atoms with Crippen LogP contribution in [0.25, 0.3) is 0 Å². The third-order valence-electron chi connectivity index (χ3n) is 4.98. The van der Waals surface area contributed by atoms with Gasteiger partial charge in [-0.1, -0.05) is 0 Å². The minimum Gasteiger partial charge on any atom is -0.486 e. The van der Waals surface area contributed by atoms with Crippen molar-refractivity contribution < 1.29 is 41.3 Å². The molecule has 32 heavy (non-hydrogen) atoms. The summed E-state index contributed by atoms with van der Waals surface area (Å²) < 4.78 is 74.8. The molecule has 172 valence electrons. The van der Waals surface area contributed by atoms with Crippen molar-refractivity contribution in [3.63, 3.8) is 0 Å². The monoisotopic (exact) mass is 473 g/mol. The number of halogens is 3. The van der Waals surface area contributed by atoms with Gasteiger partial charge < -0.3 is 19.7 Å². The lowest BCUT2D eigenvalue weighted by Gasteiger charge is -2.31. The highest BCUT2D eigenvalue weighted by Gasteiger charge is 2.53. The first-order valence-electron chi connectivity index (χ1n) is 9.15. The van der Waals surface area contributed by atoms with E-state index in [0.717, 1.165) is 34.8 Å². The Bertz CT molecular complexity index is 1120. The molecule has 1 saturated heterocycles. The van der Waals surface area contributed by atoms with E-state index < -0.39 is 59.2 Å². The van der Waals surface area contributed by atoms with Crippen LogP contribution in [0.2, 0.25) is 0 Å². The average molecular weight is 473 g/mol. The number of sulfonamides is 1. The molecule has 0 radical (unpaired) electrons. The Morgan fingerprint density at radius 1 is 1.34 bits per heavy atom. The smallest absolute Gasteiger partial charge is 0.388 e. The molecule has 1 aliphatic heterocycles. The normalized spacial score (nSPS) is 22.5. The zero-order chi connectivity index (χ0) is 23.7. The summed E-state index contributed by atoms with van der Waals surface area (Å²) in [6.07, 6.45) is -1.91. The molecule has 1 aromatic carbocycles. The highest BCUT2D eigenvalue weighted by atomic mass is 32.2. The van der Waals surface area contributed by atoms with Crippen molar-refractivity contribution in [3.8, 4) is 17.7 Å². The summed E-state index contributed by atoms with van der Waals surface area (Å²) in [5.41, 5.74) is -2.28. The number of rotatable bonds is 7. The van der Waals surface area contributed by atoms with Crippen molar-refractivity contribution in [2.75, 3.05) is 13.1 Å². The van der Waals surface area contributed by atoms with E-state index in [4.69, 9.17) is 10.00 Å². The van der Waals surface area contributed by atoms with Crippen molar-refractivity contribution in [1.82, 2.24) is 9.29 Å². The molecule has 9 nitrogen and oxygen atoms in total. The Kier molecular flexibility index (Phi) is 6.61. The fraction of sp³-hybridized carbons (Fsp3) is 0.368. The van der Waals surface area contributed by atoms with E-state index in [-0.39, 0.29) is 16.2 Å². The molecule has 0 aliphatic carbocycles. The van der Waals surface area contributed by atoms with E-state index in [9.17, 15) is 31.8 Å². The Hall–Kier alpha value is -2.92. The van der Waals surface area contributed by atoms with E-state index >= 15 is 0 Å². The van der Waals surface area contributed by atoms with Crippen LogP contribution < -0.4 is 9.47 Å².